The Morgan fingerprint density at radius 2 is 2.00 bits per heavy atom. The molecule has 0 saturated carbocycles. The largest absolute Gasteiger partial charge is 0.359 e. The molecule has 0 spiro atoms. The second kappa shape index (κ2) is 3.19. The van der Waals surface area contributed by atoms with Gasteiger partial charge in [-0.25, -0.2) is 0 Å². The molecule has 0 amide bonds. The molecule has 1 atom stereocenters. The Balaban J connectivity index is 2.29. The smallest absolute Gasteiger partial charge is 0.148 e. The third kappa shape index (κ3) is 1.41. The molecule has 0 bridgehead atoms. The zero-order valence-corrected chi connectivity index (χ0v) is 8.38. The highest BCUT2D eigenvalue weighted by atomic mass is 79.9. The van der Waals surface area contributed by atoms with E-state index in [0.717, 1.165) is 19.4 Å². The van der Waals surface area contributed by atoms with Crippen molar-refractivity contribution in [3.8, 4) is 0 Å². The second-order valence-corrected chi connectivity index (χ2v) is 4.33. The van der Waals surface area contributed by atoms with Crippen LogP contribution in [0.15, 0.2) is 30.3 Å². The average Bonchev–Trinajstić information content (AvgIpc) is 2.55. The van der Waals surface area contributed by atoms with Crippen molar-refractivity contribution in [1.82, 2.24) is 0 Å². The SMILES string of the molecule is BrC1(c2ccccc2)CCCO1. The van der Waals surface area contributed by atoms with Gasteiger partial charge in [-0.05, 0) is 34.3 Å². The van der Waals surface area contributed by atoms with E-state index in [2.05, 4.69) is 28.1 Å². The fourth-order valence-corrected chi connectivity index (χ4v) is 2.23. The number of hydrogen-bond donors (Lipinski definition) is 0. The molecule has 1 heterocycles. The first kappa shape index (κ1) is 8.27. The van der Waals surface area contributed by atoms with E-state index >= 15 is 0 Å². The van der Waals surface area contributed by atoms with Gasteiger partial charge in [0.1, 0.15) is 4.51 Å². The lowest BCUT2D eigenvalue weighted by molar-refractivity contribution is 0.0869. The van der Waals surface area contributed by atoms with Crippen LogP contribution in [0, 0.1) is 0 Å². The van der Waals surface area contributed by atoms with Gasteiger partial charge in [0, 0.05) is 6.61 Å². The van der Waals surface area contributed by atoms with Crippen LogP contribution >= 0.6 is 15.9 Å². The quantitative estimate of drug-likeness (QED) is 0.670. The van der Waals surface area contributed by atoms with Gasteiger partial charge in [0.15, 0.2) is 0 Å². The van der Waals surface area contributed by atoms with E-state index in [1.54, 1.807) is 0 Å². The number of ether oxygens (including phenoxy) is 1. The maximum atomic E-state index is 5.64. The van der Waals surface area contributed by atoms with E-state index in [-0.39, 0.29) is 4.51 Å². The molecule has 1 aromatic rings. The number of alkyl halides is 1. The fourth-order valence-electron chi connectivity index (χ4n) is 1.52. The molecule has 0 aliphatic carbocycles. The molecule has 1 saturated heterocycles. The molecule has 1 aliphatic heterocycles. The van der Waals surface area contributed by atoms with Gasteiger partial charge >= 0.3 is 0 Å². The summed E-state index contributed by atoms with van der Waals surface area (Å²) in [6.07, 6.45) is 2.21. The van der Waals surface area contributed by atoms with Gasteiger partial charge in [-0.2, -0.15) is 0 Å². The van der Waals surface area contributed by atoms with Gasteiger partial charge in [0.05, 0.1) is 0 Å². The van der Waals surface area contributed by atoms with Gasteiger partial charge in [-0.3, -0.25) is 0 Å². The van der Waals surface area contributed by atoms with Crippen molar-refractivity contribution in [2.45, 2.75) is 17.4 Å². The molecular weight excluding hydrogens is 216 g/mol. The Kier molecular flexibility index (Phi) is 2.20. The van der Waals surface area contributed by atoms with Crippen LogP contribution in [0.1, 0.15) is 18.4 Å². The van der Waals surface area contributed by atoms with Crippen LogP contribution in [-0.4, -0.2) is 6.61 Å². The van der Waals surface area contributed by atoms with Crippen LogP contribution in [-0.2, 0) is 9.25 Å². The van der Waals surface area contributed by atoms with Crippen molar-refractivity contribution in [2.75, 3.05) is 6.61 Å². The minimum Gasteiger partial charge on any atom is -0.359 e. The molecule has 2 heteroatoms. The number of benzene rings is 1. The fraction of sp³-hybridized carbons (Fsp3) is 0.400. The normalized spacial score (nSPS) is 29.1. The lowest BCUT2D eigenvalue weighted by atomic mass is 10.1. The predicted molar refractivity (Wildman–Crippen MR) is 52.2 cm³/mol. The van der Waals surface area contributed by atoms with Crippen LogP contribution in [0.2, 0.25) is 0 Å². The van der Waals surface area contributed by atoms with Gasteiger partial charge in [-0.1, -0.05) is 30.3 Å². The summed E-state index contributed by atoms with van der Waals surface area (Å²) in [5, 5.41) is 0. The van der Waals surface area contributed by atoms with Crippen molar-refractivity contribution in [3.05, 3.63) is 35.9 Å². The highest BCUT2D eigenvalue weighted by Crippen LogP contribution is 2.41. The Bertz CT molecular complexity index is 252. The van der Waals surface area contributed by atoms with Crippen LogP contribution in [0.25, 0.3) is 0 Å². The molecule has 0 radical (unpaired) electrons. The summed E-state index contributed by atoms with van der Waals surface area (Å²) < 4.78 is 5.44. The molecule has 64 valence electrons. The Labute approximate surface area is 80.9 Å². The molecule has 1 aromatic carbocycles. The second-order valence-electron chi connectivity index (χ2n) is 3.05. The molecule has 1 fully saturated rings. The summed E-state index contributed by atoms with van der Waals surface area (Å²) >= 11 is 3.63. The summed E-state index contributed by atoms with van der Waals surface area (Å²) in [6, 6.07) is 10.3. The Morgan fingerprint density at radius 3 is 2.58 bits per heavy atom. The zero-order valence-electron chi connectivity index (χ0n) is 6.79. The number of halogens is 1. The van der Waals surface area contributed by atoms with Crippen LogP contribution in [0.5, 0.6) is 0 Å². The molecule has 12 heavy (non-hydrogen) atoms. The Morgan fingerprint density at radius 1 is 1.25 bits per heavy atom. The van der Waals surface area contributed by atoms with E-state index < -0.39 is 0 Å². The lowest BCUT2D eigenvalue weighted by Crippen LogP contribution is -2.15. The zero-order chi connectivity index (χ0) is 8.44. The monoisotopic (exact) mass is 226 g/mol. The van der Waals surface area contributed by atoms with Gasteiger partial charge in [0.2, 0.25) is 0 Å². The maximum Gasteiger partial charge on any atom is 0.148 e. The van der Waals surface area contributed by atoms with E-state index in [1.807, 2.05) is 18.2 Å². The third-order valence-electron chi connectivity index (χ3n) is 2.18. The lowest BCUT2D eigenvalue weighted by Gasteiger charge is -2.20. The molecule has 1 unspecified atom stereocenters. The van der Waals surface area contributed by atoms with Crippen molar-refractivity contribution in [1.29, 1.82) is 0 Å². The van der Waals surface area contributed by atoms with Crippen molar-refractivity contribution in [3.63, 3.8) is 0 Å². The highest BCUT2D eigenvalue weighted by molar-refractivity contribution is 9.09. The molecular formula is C10H11BrO. The van der Waals surface area contributed by atoms with Crippen molar-refractivity contribution >= 4 is 15.9 Å². The first-order valence-electron chi connectivity index (χ1n) is 4.20. The summed E-state index contributed by atoms with van der Waals surface area (Å²) in [6.45, 7) is 0.861. The molecule has 0 aromatic heterocycles. The van der Waals surface area contributed by atoms with E-state index in [0.29, 0.717) is 0 Å². The van der Waals surface area contributed by atoms with Gasteiger partial charge < -0.3 is 4.74 Å². The highest BCUT2D eigenvalue weighted by Gasteiger charge is 2.33. The van der Waals surface area contributed by atoms with Crippen molar-refractivity contribution < 1.29 is 4.74 Å². The topological polar surface area (TPSA) is 9.23 Å². The minimum atomic E-state index is -0.200. The average molecular weight is 227 g/mol. The van der Waals surface area contributed by atoms with Crippen molar-refractivity contribution in [2.24, 2.45) is 0 Å². The number of rotatable bonds is 1. The first-order valence-corrected chi connectivity index (χ1v) is 4.99. The Hall–Kier alpha value is -0.340. The summed E-state index contributed by atoms with van der Waals surface area (Å²) in [7, 11) is 0. The standard InChI is InChI=1S/C10H11BrO/c11-10(7-4-8-12-10)9-5-2-1-3-6-9/h1-3,5-6H,4,7-8H2. The predicted octanol–water partition coefficient (Wildman–Crippen LogP) is 3.04. The van der Waals surface area contributed by atoms with Gasteiger partial charge in [-0.15, -0.1) is 0 Å². The molecule has 0 N–H and O–H groups in total. The summed E-state index contributed by atoms with van der Waals surface area (Å²) in [5.41, 5.74) is 1.22. The number of hydrogen-bond acceptors (Lipinski definition) is 1. The molecule has 2 rings (SSSR count). The maximum absolute atomic E-state index is 5.64. The summed E-state index contributed by atoms with van der Waals surface area (Å²) in [4.78, 5) is 0. The molecule has 1 nitrogen and oxygen atoms in total. The van der Waals surface area contributed by atoms with E-state index in [4.69, 9.17) is 4.74 Å². The van der Waals surface area contributed by atoms with E-state index in [1.165, 1.54) is 5.56 Å². The van der Waals surface area contributed by atoms with E-state index in [9.17, 15) is 0 Å². The van der Waals surface area contributed by atoms with Crippen LogP contribution in [0.3, 0.4) is 0 Å². The van der Waals surface area contributed by atoms with Gasteiger partial charge in [0.25, 0.3) is 0 Å². The third-order valence-corrected chi connectivity index (χ3v) is 3.26. The summed E-state index contributed by atoms with van der Waals surface area (Å²) in [5.74, 6) is 0. The van der Waals surface area contributed by atoms with Crippen LogP contribution in [0.4, 0.5) is 0 Å². The minimum absolute atomic E-state index is 0.200. The van der Waals surface area contributed by atoms with Crippen LogP contribution < -0.4 is 0 Å². The molecule has 1 aliphatic rings. The first-order chi connectivity index (χ1) is 5.81.